The summed E-state index contributed by atoms with van der Waals surface area (Å²) in [5, 5.41) is 16.2. The maximum atomic E-state index is 12.2. The lowest BCUT2D eigenvalue weighted by molar-refractivity contribution is -0.121. The number of allylic oxidation sites excluding steroid dienone is 1. The summed E-state index contributed by atoms with van der Waals surface area (Å²) in [7, 11) is 1.58. The van der Waals surface area contributed by atoms with Gasteiger partial charge in [0.05, 0.1) is 29.5 Å². The highest BCUT2D eigenvalue weighted by atomic mass is 35.5. The van der Waals surface area contributed by atoms with Gasteiger partial charge in [0.1, 0.15) is 5.75 Å². The zero-order valence-corrected chi connectivity index (χ0v) is 17.1. The van der Waals surface area contributed by atoms with Gasteiger partial charge in [0, 0.05) is 23.0 Å². The number of benzene rings is 2. The Morgan fingerprint density at radius 3 is 2.59 bits per heavy atom. The number of hydrogen-bond acceptors (Lipinski definition) is 5. The van der Waals surface area contributed by atoms with E-state index >= 15 is 0 Å². The van der Waals surface area contributed by atoms with E-state index in [2.05, 4.69) is 16.7 Å². The molecule has 2 amide bonds. The fourth-order valence-electron chi connectivity index (χ4n) is 2.92. The van der Waals surface area contributed by atoms with Gasteiger partial charge in [0.2, 0.25) is 11.8 Å². The van der Waals surface area contributed by atoms with Crippen LogP contribution in [0.3, 0.4) is 0 Å². The molecule has 2 aromatic rings. The molecule has 6 nitrogen and oxygen atoms in total. The highest BCUT2D eigenvalue weighted by Crippen LogP contribution is 2.36. The van der Waals surface area contributed by atoms with Crippen molar-refractivity contribution < 1.29 is 14.3 Å². The summed E-state index contributed by atoms with van der Waals surface area (Å²) >= 11 is 6.97. The first-order valence-corrected chi connectivity index (χ1v) is 10.1. The molecule has 0 radical (unpaired) electrons. The first-order valence-electron chi connectivity index (χ1n) is 8.76. The molecule has 0 aliphatic carbocycles. The third-order valence-electron chi connectivity index (χ3n) is 4.35. The fraction of sp³-hybridized carbons (Fsp3) is 0.190. The third-order valence-corrected chi connectivity index (χ3v) is 5.62. The van der Waals surface area contributed by atoms with Crippen LogP contribution in [-0.2, 0) is 9.59 Å². The number of hydrogen-bond donors (Lipinski definition) is 2. The van der Waals surface area contributed by atoms with Crippen molar-refractivity contribution >= 4 is 40.9 Å². The summed E-state index contributed by atoms with van der Waals surface area (Å²) in [6.07, 6.45) is 0.177. The average molecular weight is 428 g/mol. The lowest BCUT2D eigenvalue weighted by Crippen LogP contribution is -2.31. The molecular weight excluding hydrogens is 410 g/mol. The molecule has 2 aromatic carbocycles. The Hall–Kier alpha value is -2.95. The smallest absolute Gasteiger partial charge is 0.234 e. The molecule has 1 heterocycles. The molecule has 0 aromatic heterocycles. The summed E-state index contributed by atoms with van der Waals surface area (Å²) in [6, 6.07) is 16.2. The van der Waals surface area contributed by atoms with Gasteiger partial charge in [-0.3, -0.25) is 9.59 Å². The van der Waals surface area contributed by atoms with Crippen LogP contribution in [0.5, 0.6) is 5.75 Å². The summed E-state index contributed by atoms with van der Waals surface area (Å²) in [4.78, 5) is 24.4. The van der Waals surface area contributed by atoms with Crippen molar-refractivity contribution in [2.75, 3.05) is 18.2 Å². The third kappa shape index (κ3) is 5.31. The van der Waals surface area contributed by atoms with Crippen LogP contribution in [0.1, 0.15) is 17.9 Å². The van der Waals surface area contributed by atoms with Crippen molar-refractivity contribution in [2.45, 2.75) is 12.3 Å². The summed E-state index contributed by atoms with van der Waals surface area (Å²) in [6.45, 7) is 0. The van der Waals surface area contributed by atoms with Crippen molar-refractivity contribution in [2.24, 2.45) is 0 Å². The highest BCUT2D eigenvalue weighted by Gasteiger charge is 2.29. The Morgan fingerprint density at radius 1 is 1.28 bits per heavy atom. The predicted molar refractivity (Wildman–Crippen MR) is 114 cm³/mol. The molecule has 2 N–H and O–H groups in total. The van der Waals surface area contributed by atoms with Gasteiger partial charge in [-0.2, -0.15) is 5.26 Å². The van der Waals surface area contributed by atoms with Crippen LogP contribution in [-0.4, -0.2) is 24.7 Å². The number of anilines is 1. The molecule has 0 fully saturated rings. The molecule has 8 heteroatoms. The highest BCUT2D eigenvalue weighted by molar-refractivity contribution is 8.03. The van der Waals surface area contributed by atoms with Gasteiger partial charge in [-0.1, -0.05) is 35.5 Å². The van der Waals surface area contributed by atoms with E-state index in [4.69, 9.17) is 16.3 Å². The second-order valence-electron chi connectivity index (χ2n) is 6.28. The minimum Gasteiger partial charge on any atom is -0.497 e. The van der Waals surface area contributed by atoms with Crippen LogP contribution in [0, 0.1) is 11.3 Å². The summed E-state index contributed by atoms with van der Waals surface area (Å²) in [5.41, 5.74) is 1.92. The number of halogens is 1. The molecule has 1 atom stereocenters. The molecule has 0 bridgehead atoms. The number of carbonyl (C=O) groups is 2. The first-order chi connectivity index (χ1) is 14.0. The number of methoxy groups -OCH3 is 1. The van der Waals surface area contributed by atoms with Crippen LogP contribution in [0.25, 0.3) is 0 Å². The van der Waals surface area contributed by atoms with Crippen molar-refractivity contribution in [3.8, 4) is 11.8 Å². The van der Waals surface area contributed by atoms with Crippen LogP contribution >= 0.6 is 23.4 Å². The molecule has 0 saturated heterocycles. The second-order valence-corrected chi connectivity index (χ2v) is 7.70. The number of nitriles is 1. The number of nitrogens with zero attached hydrogens (tertiary/aromatic N) is 1. The lowest BCUT2D eigenvalue weighted by atomic mass is 9.87. The molecule has 0 spiro atoms. The van der Waals surface area contributed by atoms with E-state index in [1.807, 2.05) is 12.1 Å². The summed E-state index contributed by atoms with van der Waals surface area (Å²) < 4.78 is 5.16. The lowest BCUT2D eigenvalue weighted by Gasteiger charge is -2.25. The number of carbonyl (C=O) groups excluding carboxylic acids is 2. The Balaban J connectivity index is 1.73. The first kappa shape index (κ1) is 20.8. The van der Waals surface area contributed by atoms with Gasteiger partial charge in [0.15, 0.2) is 0 Å². The minimum absolute atomic E-state index is 0.0543. The summed E-state index contributed by atoms with van der Waals surface area (Å²) in [5.74, 6) is -0.0431. The zero-order valence-electron chi connectivity index (χ0n) is 15.6. The molecule has 1 aliphatic heterocycles. The molecule has 148 valence electrons. The molecular formula is C21H18ClN3O3S. The maximum Gasteiger partial charge on any atom is 0.234 e. The van der Waals surface area contributed by atoms with E-state index in [-0.39, 0.29) is 29.9 Å². The van der Waals surface area contributed by atoms with Crippen LogP contribution in [0.4, 0.5) is 5.69 Å². The van der Waals surface area contributed by atoms with E-state index in [0.717, 1.165) is 17.3 Å². The van der Waals surface area contributed by atoms with E-state index in [1.54, 1.807) is 43.5 Å². The van der Waals surface area contributed by atoms with Crippen LogP contribution < -0.4 is 15.4 Å². The number of nitrogens with one attached hydrogen (secondary N) is 2. The van der Waals surface area contributed by atoms with Crippen molar-refractivity contribution in [1.82, 2.24) is 5.32 Å². The Bertz CT molecular complexity index is 982. The number of thioether (sulfide) groups is 1. The molecule has 1 aliphatic rings. The van der Waals surface area contributed by atoms with Gasteiger partial charge >= 0.3 is 0 Å². The molecule has 0 unspecified atom stereocenters. The van der Waals surface area contributed by atoms with Crippen LogP contribution in [0.15, 0.2) is 59.1 Å². The molecule has 3 rings (SSSR count). The van der Waals surface area contributed by atoms with Gasteiger partial charge in [-0.05, 0) is 42.0 Å². The topological polar surface area (TPSA) is 91.2 Å². The minimum atomic E-state index is -0.360. The van der Waals surface area contributed by atoms with Crippen molar-refractivity contribution in [3.05, 3.63) is 69.7 Å². The van der Waals surface area contributed by atoms with Crippen molar-refractivity contribution in [1.29, 1.82) is 5.26 Å². The van der Waals surface area contributed by atoms with E-state index < -0.39 is 0 Å². The quantitative estimate of drug-likeness (QED) is 0.725. The fourth-order valence-corrected chi connectivity index (χ4v) is 3.92. The second kappa shape index (κ2) is 9.50. The number of amides is 2. The normalized spacial score (nSPS) is 16.0. The standard InChI is InChI=1S/C21H18ClN3O3S/c1-28-16-8-2-13(3-9-16)17-10-19(26)25-21(18(17)11-23)29-12-20(27)24-15-6-4-14(22)5-7-15/h2-9,17H,10,12H2,1H3,(H,24,27)(H,25,26)/t17-/m1/s1. The predicted octanol–water partition coefficient (Wildman–Crippen LogP) is 4.06. The average Bonchev–Trinajstić information content (AvgIpc) is 2.73. The maximum absolute atomic E-state index is 12.2. The van der Waals surface area contributed by atoms with E-state index in [0.29, 0.717) is 27.1 Å². The number of rotatable bonds is 6. The van der Waals surface area contributed by atoms with Gasteiger partial charge < -0.3 is 15.4 Å². The van der Waals surface area contributed by atoms with Gasteiger partial charge in [-0.25, -0.2) is 0 Å². The zero-order chi connectivity index (χ0) is 20.8. The number of ether oxygens (including phenoxy) is 1. The Kier molecular flexibility index (Phi) is 6.81. The molecule has 0 saturated carbocycles. The van der Waals surface area contributed by atoms with Crippen molar-refractivity contribution in [3.63, 3.8) is 0 Å². The van der Waals surface area contributed by atoms with E-state index in [1.165, 1.54) is 0 Å². The van der Waals surface area contributed by atoms with E-state index in [9.17, 15) is 14.9 Å². The monoisotopic (exact) mass is 427 g/mol. The van der Waals surface area contributed by atoms with Gasteiger partial charge in [-0.15, -0.1) is 0 Å². The Morgan fingerprint density at radius 2 is 1.97 bits per heavy atom. The van der Waals surface area contributed by atoms with Gasteiger partial charge in [0.25, 0.3) is 0 Å². The molecule has 29 heavy (non-hydrogen) atoms. The van der Waals surface area contributed by atoms with Crippen LogP contribution in [0.2, 0.25) is 5.02 Å². The SMILES string of the molecule is COc1ccc([C@H]2CC(=O)NC(SCC(=O)Nc3ccc(Cl)cc3)=C2C#N)cc1. The largest absolute Gasteiger partial charge is 0.497 e. The Labute approximate surface area is 177 Å².